The average molecular weight is 474 g/mol. The molecule has 5 rings (SSSR count). The Labute approximate surface area is 199 Å². The number of pyridine rings is 1. The van der Waals surface area contributed by atoms with Crippen molar-refractivity contribution in [1.29, 1.82) is 0 Å². The van der Waals surface area contributed by atoms with Gasteiger partial charge < -0.3 is 0 Å². The van der Waals surface area contributed by atoms with Crippen LogP contribution in [0.2, 0.25) is 5.02 Å². The van der Waals surface area contributed by atoms with Crippen molar-refractivity contribution in [3.63, 3.8) is 0 Å². The minimum atomic E-state index is -0.0908. The first kappa shape index (κ1) is 21.4. The van der Waals surface area contributed by atoms with E-state index in [0.29, 0.717) is 28.7 Å². The molecule has 8 heteroatoms. The largest absolute Gasteiger partial charge is 0.298 e. The molecular weight excluding hydrogens is 454 g/mol. The fourth-order valence-electron chi connectivity index (χ4n) is 3.64. The Morgan fingerprint density at radius 1 is 0.970 bits per heavy atom. The van der Waals surface area contributed by atoms with Gasteiger partial charge in [-0.25, -0.2) is 4.98 Å². The quantitative estimate of drug-likeness (QED) is 0.315. The fraction of sp³-hybridized carbons (Fsp3) is 0.120. The lowest BCUT2D eigenvalue weighted by molar-refractivity contribution is 0.714. The van der Waals surface area contributed by atoms with Gasteiger partial charge in [-0.3, -0.25) is 13.8 Å². The van der Waals surface area contributed by atoms with Crippen molar-refractivity contribution < 1.29 is 0 Å². The van der Waals surface area contributed by atoms with Crippen LogP contribution in [0, 0.1) is 6.92 Å². The third-order valence-corrected chi connectivity index (χ3v) is 6.54. The van der Waals surface area contributed by atoms with E-state index in [2.05, 4.69) is 26.9 Å². The molecule has 3 aromatic heterocycles. The molecule has 6 nitrogen and oxygen atoms in total. The van der Waals surface area contributed by atoms with Crippen LogP contribution < -0.4 is 5.56 Å². The Hall–Kier alpha value is -3.42. The molecule has 0 bridgehead atoms. The smallest absolute Gasteiger partial charge is 0.258 e. The number of hydrogen-bond donors (Lipinski definition) is 0. The molecule has 2 aromatic carbocycles. The topological polar surface area (TPSA) is 65.1 Å². The Morgan fingerprint density at radius 2 is 1.76 bits per heavy atom. The summed E-state index contributed by atoms with van der Waals surface area (Å²) in [5, 5.41) is 10.4. The van der Waals surface area contributed by atoms with Crippen LogP contribution >= 0.6 is 23.4 Å². The highest BCUT2D eigenvalue weighted by atomic mass is 35.5. The first-order valence-corrected chi connectivity index (χ1v) is 11.8. The first-order chi connectivity index (χ1) is 16.1. The minimum Gasteiger partial charge on any atom is -0.298 e. The van der Waals surface area contributed by atoms with Gasteiger partial charge in [0, 0.05) is 28.6 Å². The third kappa shape index (κ3) is 4.55. The number of hydrogen-bond acceptors (Lipinski definition) is 5. The summed E-state index contributed by atoms with van der Waals surface area (Å²) >= 11 is 7.59. The summed E-state index contributed by atoms with van der Waals surface area (Å²) in [6.45, 7) is 2.58. The summed E-state index contributed by atoms with van der Waals surface area (Å²) in [5.74, 6) is 1.27. The molecular formula is C25H20ClN5OS. The highest BCUT2D eigenvalue weighted by Gasteiger charge is 2.16. The van der Waals surface area contributed by atoms with Crippen LogP contribution in [0.1, 0.15) is 16.8 Å². The zero-order valence-electron chi connectivity index (χ0n) is 17.9. The third-order valence-electron chi connectivity index (χ3n) is 5.29. The molecule has 0 aliphatic carbocycles. The van der Waals surface area contributed by atoms with E-state index in [0.717, 1.165) is 27.7 Å². The number of halogens is 1. The van der Waals surface area contributed by atoms with Gasteiger partial charge in [-0.15, -0.1) is 10.2 Å². The summed E-state index contributed by atoms with van der Waals surface area (Å²) in [5.41, 5.74) is 4.33. The summed E-state index contributed by atoms with van der Waals surface area (Å²) < 4.78 is 3.66. The molecule has 0 radical (unpaired) electrons. The van der Waals surface area contributed by atoms with E-state index in [1.807, 2.05) is 61.5 Å². The molecule has 0 aliphatic heterocycles. The fourth-order valence-corrected chi connectivity index (χ4v) is 4.59. The highest BCUT2D eigenvalue weighted by Crippen LogP contribution is 2.28. The van der Waals surface area contributed by atoms with E-state index >= 15 is 0 Å². The van der Waals surface area contributed by atoms with Crippen molar-refractivity contribution in [1.82, 2.24) is 24.1 Å². The average Bonchev–Trinajstić information content (AvgIpc) is 3.22. The number of aromatic nitrogens is 5. The number of rotatable bonds is 6. The van der Waals surface area contributed by atoms with Gasteiger partial charge >= 0.3 is 0 Å². The predicted octanol–water partition coefficient (Wildman–Crippen LogP) is 5.26. The second-order valence-electron chi connectivity index (χ2n) is 7.64. The maximum Gasteiger partial charge on any atom is 0.258 e. The highest BCUT2D eigenvalue weighted by molar-refractivity contribution is 7.98. The lowest BCUT2D eigenvalue weighted by Gasteiger charge is -2.11. The predicted molar refractivity (Wildman–Crippen MR) is 132 cm³/mol. The molecule has 33 heavy (non-hydrogen) atoms. The second kappa shape index (κ2) is 9.21. The Bertz CT molecular complexity index is 1480. The minimum absolute atomic E-state index is 0.0908. The van der Waals surface area contributed by atoms with Crippen molar-refractivity contribution in [2.24, 2.45) is 0 Å². The monoisotopic (exact) mass is 473 g/mol. The van der Waals surface area contributed by atoms with E-state index in [-0.39, 0.29) is 5.56 Å². The summed E-state index contributed by atoms with van der Waals surface area (Å²) in [4.78, 5) is 17.3. The summed E-state index contributed by atoms with van der Waals surface area (Å²) in [7, 11) is 0. The Morgan fingerprint density at radius 3 is 2.55 bits per heavy atom. The van der Waals surface area contributed by atoms with Gasteiger partial charge in [0.1, 0.15) is 5.65 Å². The van der Waals surface area contributed by atoms with Crippen LogP contribution in [0.15, 0.2) is 88.9 Å². The summed E-state index contributed by atoms with van der Waals surface area (Å²) in [6, 6.07) is 23.1. The zero-order chi connectivity index (χ0) is 22.8. The van der Waals surface area contributed by atoms with Gasteiger partial charge in [0.15, 0.2) is 11.0 Å². The lowest BCUT2D eigenvalue weighted by Crippen LogP contribution is -2.15. The van der Waals surface area contributed by atoms with Crippen LogP contribution in [0.3, 0.4) is 0 Å². The molecule has 0 fully saturated rings. The number of aryl methyl sites for hydroxylation is 1. The molecule has 0 N–H and O–H groups in total. The maximum atomic E-state index is 12.6. The van der Waals surface area contributed by atoms with Crippen LogP contribution in [0.5, 0.6) is 0 Å². The number of fused-ring (bicyclic) bond motifs is 1. The first-order valence-electron chi connectivity index (χ1n) is 10.4. The molecule has 0 saturated heterocycles. The van der Waals surface area contributed by atoms with Crippen LogP contribution in [0.4, 0.5) is 0 Å². The van der Waals surface area contributed by atoms with Crippen LogP contribution in [-0.2, 0) is 12.3 Å². The van der Waals surface area contributed by atoms with Crippen molar-refractivity contribution >= 4 is 29.0 Å². The number of thioether (sulfide) groups is 1. The van der Waals surface area contributed by atoms with Crippen molar-refractivity contribution in [2.45, 2.75) is 24.4 Å². The SMILES string of the molecule is Cc1cccn2c(=O)cc(CSc3nnc(-c4ccc(Cl)cc4)n3Cc3ccccc3)nc12. The molecule has 0 spiro atoms. The van der Waals surface area contributed by atoms with Gasteiger partial charge in [0.2, 0.25) is 0 Å². The van der Waals surface area contributed by atoms with Gasteiger partial charge in [0.05, 0.1) is 12.2 Å². The number of benzene rings is 2. The van der Waals surface area contributed by atoms with Crippen molar-refractivity contribution in [3.05, 3.63) is 111 Å². The van der Waals surface area contributed by atoms with Crippen LogP contribution in [0.25, 0.3) is 17.0 Å². The number of nitrogens with zero attached hydrogens (tertiary/aromatic N) is 5. The zero-order valence-corrected chi connectivity index (χ0v) is 19.4. The van der Waals surface area contributed by atoms with Gasteiger partial charge in [0.25, 0.3) is 5.56 Å². The Balaban J connectivity index is 1.49. The Kier molecular flexibility index (Phi) is 5.98. The molecule has 0 atom stereocenters. The molecule has 0 saturated carbocycles. The lowest BCUT2D eigenvalue weighted by atomic mass is 10.2. The molecule has 3 heterocycles. The standard InChI is InChI=1S/C25H20ClN5OS/c1-17-6-5-13-30-22(32)14-21(27-23(17)30)16-33-25-29-28-24(19-9-11-20(26)12-10-19)31(25)15-18-7-3-2-4-8-18/h2-14H,15-16H2,1H3. The molecule has 5 aromatic rings. The van der Waals surface area contributed by atoms with E-state index < -0.39 is 0 Å². The van der Waals surface area contributed by atoms with E-state index in [4.69, 9.17) is 16.6 Å². The van der Waals surface area contributed by atoms with Crippen LogP contribution in [-0.4, -0.2) is 24.1 Å². The molecule has 0 unspecified atom stereocenters. The summed E-state index contributed by atoms with van der Waals surface area (Å²) in [6.07, 6.45) is 1.74. The molecule has 164 valence electrons. The normalized spacial score (nSPS) is 11.2. The maximum absolute atomic E-state index is 12.6. The van der Waals surface area contributed by atoms with Crippen molar-refractivity contribution in [3.8, 4) is 11.4 Å². The molecule has 0 amide bonds. The van der Waals surface area contributed by atoms with E-state index in [9.17, 15) is 4.79 Å². The molecule has 0 aliphatic rings. The van der Waals surface area contributed by atoms with Gasteiger partial charge in [-0.1, -0.05) is 59.8 Å². The van der Waals surface area contributed by atoms with E-state index in [1.165, 1.54) is 11.8 Å². The second-order valence-corrected chi connectivity index (χ2v) is 9.02. The van der Waals surface area contributed by atoms with E-state index in [1.54, 1.807) is 16.7 Å². The van der Waals surface area contributed by atoms with Gasteiger partial charge in [-0.05, 0) is 48.4 Å². The van der Waals surface area contributed by atoms with Crippen molar-refractivity contribution in [2.75, 3.05) is 0 Å². The van der Waals surface area contributed by atoms with Gasteiger partial charge in [-0.2, -0.15) is 0 Å².